The monoisotopic (exact) mass is 360 g/mol. The number of halogens is 1. The number of aliphatic hydroxyl groups is 1. The zero-order valence-electron chi connectivity index (χ0n) is 14.6. The number of thioether (sulfide) groups is 1. The molecular weight excluding hydrogens is 335 g/mol. The maximum absolute atomic E-state index is 13.9. The molecule has 0 spiro atoms. The number of anilines is 1. The molecule has 1 atom stereocenters. The number of para-hydroxylation sites is 1. The van der Waals surface area contributed by atoms with E-state index in [1.165, 1.54) is 16.5 Å². The Morgan fingerprint density at radius 1 is 1.04 bits per heavy atom. The first kappa shape index (κ1) is 18.2. The second-order valence-corrected chi connectivity index (χ2v) is 7.61. The maximum Gasteiger partial charge on any atom is 0.146 e. The highest BCUT2D eigenvalue weighted by Crippen LogP contribution is 2.21. The summed E-state index contributed by atoms with van der Waals surface area (Å²) in [5, 5.41) is 10.3. The molecule has 0 radical (unpaired) electrons. The number of aryl methyl sites for hydroxylation is 1. The van der Waals surface area contributed by atoms with E-state index in [1.807, 2.05) is 12.1 Å². The van der Waals surface area contributed by atoms with Gasteiger partial charge in [-0.1, -0.05) is 29.8 Å². The van der Waals surface area contributed by atoms with Gasteiger partial charge in [-0.05, 0) is 31.2 Å². The summed E-state index contributed by atoms with van der Waals surface area (Å²) >= 11 is 1.69. The van der Waals surface area contributed by atoms with Crippen molar-refractivity contribution in [2.45, 2.75) is 17.9 Å². The van der Waals surface area contributed by atoms with Gasteiger partial charge in [-0.3, -0.25) is 4.90 Å². The summed E-state index contributed by atoms with van der Waals surface area (Å²) in [4.78, 5) is 5.53. The van der Waals surface area contributed by atoms with Gasteiger partial charge in [0.2, 0.25) is 0 Å². The number of benzene rings is 2. The van der Waals surface area contributed by atoms with Gasteiger partial charge in [-0.2, -0.15) is 0 Å². The van der Waals surface area contributed by atoms with Gasteiger partial charge in [0, 0.05) is 43.4 Å². The van der Waals surface area contributed by atoms with Crippen LogP contribution in [0.3, 0.4) is 0 Å². The first-order valence-electron chi connectivity index (χ1n) is 8.71. The quantitative estimate of drug-likeness (QED) is 0.799. The largest absolute Gasteiger partial charge is 0.391 e. The van der Waals surface area contributed by atoms with Gasteiger partial charge in [0.05, 0.1) is 11.8 Å². The van der Waals surface area contributed by atoms with Crippen LogP contribution in [0.4, 0.5) is 10.1 Å². The Hall–Kier alpha value is -1.56. The Bertz CT molecular complexity index is 672. The minimum Gasteiger partial charge on any atom is -0.391 e. The van der Waals surface area contributed by atoms with Crippen LogP contribution >= 0.6 is 11.8 Å². The van der Waals surface area contributed by atoms with E-state index in [2.05, 4.69) is 41.0 Å². The van der Waals surface area contributed by atoms with Crippen molar-refractivity contribution in [2.75, 3.05) is 43.4 Å². The van der Waals surface area contributed by atoms with Crippen LogP contribution in [0.15, 0.2) is 53.4 Å². The molecule has 5 heteroatoms. The van der Waals surface area contributed by atoms with Gasteiger partial charge >= 0.3 is 0 Å². The lowest BCUT2D eigenvalue weighted by molar-refractivity contribution is 0.126. The van der Waals surface area contributed by atoms with E-state index in [-0.39, 0.29) is 11.9 Å². The Balaban J connectivity index is 1.42. The Morgan fingerprint density at radius 2 is 1.72 bits per heavy atom. The van der Waals surface area contributed by atoms with Crippen LogP contribution in [0, 0.1) is 12.7 Å². The SMILES string of the molecule is Cc1ccc(SCC(O)CN2CCN(c3ccccc3F)CC2)cc1. The first-order valence-corrected chi connectivity index (χ1v) is 9.70. The van der Waals surface area contributed by atoms with Gasteiger partial charge in [0.25, 0.3) is 0 Å². The van der Waals surface area contributed by atoms with E-state index in [0.29, 0.717) is 18.0 Å². The van der Waals surface area contributed by atoms with Crippen molar-refractivity contribution in [3.05, 3.63) is 59.9 Å². The van der Waals surface area contributed by atoms with Crippen molar-refractivity contribution in [1.29, 1.82) is 0 Å². The minimum absolute atomic E-state index is 0.162. The number of rotatable bonds is 6. The number of hydrogen-bond acceptors (Lipinski definition) is 4. The van der Waals surface area contributed by atoms with Crippen LogP contribution in [-0.4, -0.2) is 54.6 Å². The fourth-order valence-corrected chi connectivity index (χ4v) is 3.88. The third-order valence-corrected chi connectivity index (χ3v) is 5.65. The molecule has 3 nitrogen and oxygen atoms in total. The van der Waals surface area contributed by atoms with E-state index < -0.39 is 0 Å². The van der Waals surface area contributed by atoms with Crippen LogP contribution in [0.25, 0.3) is 0 Å². The Kier molecular flexibility index (Phi) is 6.34. The molecule has 2 aromatic carbocycles. The van der Waals surface area contributed by atoms with Crippen molar-refractivity contribution < 1.29 is 9.50 Å². The summed E-state index contributed by atoms with van der Waals surface area (Å²) in [6.45, 7) is 6.02. The molecule has 25 heavy (non-hydrogen) atoms. The zero-order valence-corrected chi connectivity index (χ0v) is 15.4. The van der Waals surface area contributed by atoms with Crippen LogP contribution < -0.4 is 4.90 Å². The van der Waals surface area contributed by atoms with Crippen LogP contribution in [0.5, 0.6) is 0 Å². The standard InChI is InChI=1S/C20H25FN2OS/c1-16-6-8-18(9-7-16)25-15-17(24)14-22-10-12-23(13-11-22)20-5-3-2-4-19(20)21/h2-9,17,24H,10-15H2,1H3. The molecule has 0 bridgehead atoms. The molecule has 3 rings (SSSR count). The summed E-state index contributed by atoms with van der Waals surface area (Å²) in [5.41, 5.74) is 1.93. The smallest absolute Gasteiger partial charge is 0.146 e. The molecule has 1 heterocycles. The molecule has 0 amide bonds. The highest BCUT2D eigenvalue weighted by Gasteiger charge is 2.21. The highest BCUT2D eigenvalue weighted by molar-refractivity contribution is 7.99. The summed E-state index contributed by atoms with van der Waals surface area (Å²) in [5.74, 6) is 0.529. The topological polar surface area (TPSA) is 26.7 Å². The second kappa shape index (κ2) is 8.70. The minimum atomic E-state index is -0.355. The molecule has 1 aliphatic rings. The molecule has 0 aliphatic carbocycles. The van der Waals surface area contributed by atoms with Gasteiger partial charge in [-0.25, -0.2) is 4.39 Å². The predicted octanol–water partition coefficient (Wildman–Crippen LogP) is 3.41. The molecule has 1 unspecified atom stereocenters. The van der Waals surface area contributed by atoms with Crippen LogP contribution in [0.2, 0.25) is 0 Å². The van der Waals surface area contributed by atoms with Crippen molar-refractivity contribution in [2.24, 2.45) is 0 Å². The molecule has 1 aliphatic heterocycles. The first-order chi connectivity index (χ1) is 12.1. The molecule has 0 aromatic heterocycles. The predicted molar refractivity (Wildman–Crippen MR) is 103 cm³/mol. The van der Waals surface area contributed by atoms with E-state index in [9.17, 15) is 9.50 Å². The summed E-state index contributed by atoms with van der Waals surface area (Å²) in [6.07, 6.45) is -0.355. The fraction of sp³-hybridized carbons (Fsp3) is 0.400. The van der Waals surface area contributed by atoms with Gasteiger partial charge in [0.15, 0.2) is 0 Å². The number of hydrogen-bond donors (Lipinski definition) is 1. The summed E-state index contributed by atoms with van der Waals surface area (Å²) in [7, 11) is 0. The van der Waals surface area contributed by atoms with E-state index >= 15 is 0 Å². The Morgan fingerprint density at radius 3 is 2.40 bits per heavy atom. The molecule has 0 saturated carbocycles. The lowest BCUT2D eigenvalue weighted by Gasteiger charge is -2.37. The van der Waals surface area contributed by atoms with E-state index in [1.54, 1.807) is 17.8 Å². The second-order valence-electron chi connectivity index (χ2n) is 6.52. The lowest BCUT2D eigenvalue weighted by Crippen LogP contribution is -2.49. The van der Waals surface area contributed by atoms with Gasteiger partial charge in [0.1, 0.15) is 5.82 Å². The Labute approximate surface area is 153 Å². The van der Waals surface area contributed by atoms with E-state index in [0.717, 1.165) is 26.2 Å². The lowest BCUT2D eigenvalue weighted by atomic mass is 10.2. The molecule has 1 saturated heterocycles. The molecular formula is C20H25FN2OS. The highest BCUT2D eigenvalue weighted by atomic mass is 32.2. The summed E-state index contributed by atoms with van der Waals surface area (Å²) < 4.78 is 13.9. The molecule has 1 N–H and O–H groups in total. The van der Waals surface area contributed by atoms with Crippen molar-refractivity contribution in [1.82, 2.24) is 4.90 Å². The van der Waals surface area contributed by atoms with Crippen molar-refractivity contribution >= 4 is 17.4 Å². The van der Waals surface area contributed by atoms with E-state index in [4.69, 9.17) is 0 Å². The number of piperazine rings is 1. The molecule has 1 fully saturated rings. The number of nitrogens with zero attached hydrogens (tertiary/aromatic N) is 2. The van der Waals surface area contributed by atoms with Crippen LogP contribution in [0.1, 0.15) is 5.56 Å². The molecule has 134 valence electrons. The fourth-order valence-electron chi connectivity index (χ4n) is 3.06. The van der Waals surface area contributed by atoms with Crippen molar-refractivity contribution in [3.63, 3.8) is 0 Å². The average Bonchev–Trinajstić information content (AvgIpc) is 2.62. The third-order valence-electron chi connectivity index (χ3n) is 4.50. The molecule has 2 aromatic rings. The number of aliphatic hydroxyl groups excluding tert-OH is 1. The van der Waals surface area contributed by atoms with Crippen LogP contribution in [-0.2, 0) is 0 Å². The normalized spacial score (nSPS) is 16.8. The van der Waals surface area contributed by atoms with Gasteiger partial charge in [-0.15, -0.1) is 11.8 Å². The summed E-state index contributed by atoms with van der Waals surface area (Å²) in [6, 6.07) is 15.3. The maximum atomic E-state index is 13.9. The van der Waals surface area contributed by atoms with Crippen molar-refractivity contribution in [3.8, 4) is 0 Å². The third kappa shape index (κ3) is 5.21. The zero-order chi connectivity index (χ0) is 17.6. The number of β-amino-alcohol motifs (C(OH)–C–C–N with tert-alkyl or cyclic N) is 1. The van der Waals surface area contributed by atoms with Gasteiger partial charge < -0.3 is 10.0 Å². The average molecular weight is 360 g/mol.